The molecule has 11 heteroatoms. The van der Waals surface area contributed by atoms with Crippen LogP contribution in [0.4, 0.5) is 11.8 Å². The van der Waals surface area contributed by atoms with Crippen LogP contribution in [-0.2, 0) is 4.74 Å². The summed E-state index contributed by atoms with van der Waals surface area (Å²) in [6.07, 6.45) is -0.416. The average Bonchev–Trinajstić information content (AvgIpc) is 3.05. The molecule has 4 atom stereocenters. The fourth-order valence-corrected chi connectivity index (χ4v) is 3.57. The van der Waals surface area contributed by atoms with E-state index in [0.717, 1.165) is 0 Å². The van der Waals surface area contributed by atoms with Gasteiger partial charge in [0, 0.05) is 32.8 Å². The number of carbonyl (C=O) groups excluding carboxylic acids is 1. The van der Waals surface area contributed by atoms with E-state index in [2.05, 4.69) is 32.1 Å². The van der Waals surface area contributed by atoms with Gasteiger partial charge in [-0.3, -0.25) is 0 Å². The molecular weight excluding hydrogens is 438 g/mol. The van der Waals surface area contributed by atoms with Gasteiger partial charge in [-0.05, 0) is 18.6 Å². The molecule has 1 aliphatic carbocycles. The molecule has 0 aromatic carbocycles. The Kier molecular flexibility index (Phi) is 7.48. The first-order valence-corrected chi connectivity index (χ1v) is 10.2. The molecule has 4 N–H and O–H groups in total. The zero-order valence-electron chi connectivity index (χ0n) is 17.8. The van der Waals surface area contributed by atoms with Crippen molar-refractivity contribution in [1.29, 1.82) is 0 Å². The van der Waals surface area contributed by atoms with Gasteiger partial charge in [0.1, 0.15) is 17.5 Å². The van der Waals surface area contributed by atoms with Crippen LogP contribution in [0.2, 0.25) is 5.15 Å². The highest BCUT2D eigenvalue weighted by molar-refractivity contribution is 6.31. The fourth-order valence-electron chi connectivity index (χ4n) is 3.36. The molecular formula is C21H24ClN5O5. The number of ether oxygens (including phenoxy) is 1. The normalized spacial score (nSPS) is 22.1. The fraction of sp³-hybridized carbons (Fsp3) is 0.429. The zero-order valence-corrected chi connectivity index (χ0v) is 18.5. The smallest absolute Gasteiger partial charge is 0.357 e. The first-order valence-electron chi connectivity index (χ1n) is 9.80. The molecule has 1 aliphatic rings. The molecule has 1 fully saturated rings. The van der Waals surface area contributed by atoms with Crippen LogP contribution in [0.5, 0.6) is 0 Å². The number of aromatic nitrogens is 3. The predicted octanol–water partition coefficient (Wildman–Crippen LogP) is 0.292. The number of pyridine rings is 1. The van der Waals surface area contributed by atoms with E-state index in [1.54, 1.807) is 31.1 Å². The van der Waals surface area contributed by atoms with Crippen molar-refractivity contribution in [3.05, 3.63) is 40.3 Å². The largest absolute Gasteiger partial charge is 0.464 e. The Morgan fingerprint density at radius 3 is 2.69 bits per heavy atom. The molecule has 10 nitrogen and oxygen atoms in total. The van der Waals surface area contributed by atoms with Crippen LogP contribution >= 0.6 is 11.6 Å². The summed E-state index contributed by atoms with van der Waals surface area (Å²) in [5.74, 6) is 5.20. The van der Waals surface area contributed by atoms with Crippen molar-refractivity contribution in [2.24, 2.45) is 5.92 Å². The van der Waals surface area contributed by atoms with Crippen LogP contribution in [0.1, 0.15) is 28.0 Å². The average molecular weight is 462 g/mol. The van der Waals surface area contributed by atoms with Gasteiger partial charge in [-0.2, -0.15) is 9.97 Å². The molecule has 32 heavy (non-hydrogen) atoms. The highest BCUT2D eigenvalue weighted by atomic mass is 35.5. The molecule has 1 saturated carbocycles. The van der Waals surface area contributed by atoms with E-state index in [9.17, 15) is 20.1 Å². The molecule has 0 amide bonds. The van der Waals surface area contributed by atoms with Gasteiger partial charge in [0.25, 0.3) is 0 Å². The Morgan fingerprint density at radius 2 is 2.06 bits per heavy atom. The van der Waals surface area contributed by atoms with Gasteiger partial charge in [0.15, 0.2) is 10.8 Å². The lowest BCUT2D eigenvalue weighted by atomic mass is 10.1. The number of anilines is 2. The topological polar surface area (TPSA) is 141 Å². The second kappa shape index (κ2) is 10.1. The van der Waals surface area contributed by atoms with Crippen LogP contribution in [0.15, 0.2) is 18.3 Å². The molecule has 0 radical (unpaired) electrons. The number of methoxy groups -OCH3 is 1. The van der Waals surface area contributed by atoms with E-state index in [-0.39, 0.29) is 28.8 Å². The number of aliphatic hydroxyl groups excluding tert-OH is 3. The van der Waals surface area contributed by atoms with Crippen LogP contribution in [0, 0.1) is 17.8 Å². The number of hydrogen-bond donors (Lipinski definition) is 4. The van der Waals surface area contributed by atoms with Gasteiger partial charge in [-0.15, -0.1) is 0 Å². The van der Waals surface area contributed by atoms with Crippen LogP contribution in [-0.4, -0.2) is 82.3 Å². The maximum absolute atomic E-state index is 12.0. The lowest BCUT2D eigenvalue weighted by Crippen LogP contribution is -2.36. The second-order valence-electron chi connectivity index (χ2n) is 7.48. The van der Waals surface area contributed by atoms with Crippen molar-refractivity contribution in [2.45, 2.75) is 24.7 Å². The van der Waals surface area contributed by atoms with Crippen LogP contribution in [0.3, 0.4) is 0 Å². The van der Waals surface area contributed by atoms with E-state index in [0.29, 0.717) is 17.9 Å². The summed E-state index contributed by atoms with van der Waals surface area (Å²) >= 11 is 6.40. The van der Waals surface area contributed by atoms with Gasteiger partial charge in [-0.1, -0.05) is 23.4 Å². The number of hydrogen-bond acceptors (Lipinski definition) is 10. The summed E-state index contributed by atoms with van der Waals surface area (Å²) < 4.78 is 4.74. The summed E-state index contributed by atoms with van der Waals surface area (Å²) in [7, 11) is 4.74. The molecule has 0 bridgehead atoms. The predicted molar refractivity (Wildman–Crippen MR) is 118 cm³/mol. The number of aliphatic hydroxyl groups is 3. The third kappa shape index (κ3) is 4.92. The third-order valence-electron chi connectivity index (χ3n) is 5.12. The molecule has 0 spiro atoms. The van der Waals surface area contributed by atoms with E-state index >= 15 is 0 Å². The van der Waals surface area contributed by atoms with Gasteiger partial charge in [0.2, 0.25) is 5.95 Å². The maximum Gasteiger partial charge on any atom is 0.357 e. The minimum absolute atomic E-state index is 0.0547. The van der Waals surface area contributed by atoms with Crippen LogP contribution < -0.4 is 10.2 Å². The SMILES string of the molecule is COC(=O)c1ncccc1C#Cc1c(Cl)nc(N(C)C)nc1NC1CC(CO)C(O)C1O. The van der Waals surface area contributed by atoms with E-state index in [1.807, 2.05) is 0 Å². The van der Waals surface area contributed by atoms with E-state index in [1.165, 1.54) is 13.3 Å². The minimum atomic E-state index is -1.12. The Morgan fingerprint density at radius 1 is 1.31 bits per heavy atom. The maximum atomic E-state index is 12.0. The quantitative estimate of drug-likeness (QED) is 0.279. The summed E-state index contributed by atoms with van der Waals surface area (Å²) in [4.78, 5) is 26.3. The highest BCUT2D eigenvalue weighted by Crippen LogP contribution is 2.31. The zero-order chi connectivity index (χ0) is 23.4. The summed E-state index contributed by atoms with van der Waals surface area (Å²) in [6.45, 7) is -0.256. The Bertz CT molecular complexity index is 1050. The lowest BCUT2D eigenvalue weighted by molar-refractivity contribution is 0.00445. The molecule has 4 unspecified atom stereocenters. The summed E-state index contributed by atoms with van der Waals surface area (Å²) in [6, 6.07) is 2.66. The van der Waals surface area contributed by atoms with Gasteiger partial charge < -0.3 is 30.3 Å². The summed E-state index contributed by atoms with van der Waals surface area (Å²) in [5, 5.41) is 33.1. The standard InChI is InChI=1S/C21H24ClN5O5/c1-27(2)21-25-18(22)13(7-6-11-5-4-8-23-15(11)20(31)32-3)19(26-21)24-14-9-12(10-28)16(29)17(14)30/h4-5,8,12,14,16-17,28-30H,9-10H2,1-3H3,(H,24,25,26). The van der Waals surface area contributed by atoms with Crippen molar-refractivity contribution in [3.8, 4) is 11.8 Å². The second-order valence-corrected chi connectivity index (χ2v) is 7.84. The molecule has 0 saturated heterocycles. The number of carbonyl (C=O) groups is 1. The first-order chi connectivity index (χ1) is 15.3. The number of nitrogens with one attached hydrogen (secondary N) is 1. The highest BCUT2D eigenvalue weighted by Gasteiger charge is 2.41. The monoisotopic (exact) mass is 461 g/mol. The number of halogens is 1. The van der Waals surface area contributed by atoms with Crippen molar-refractivity contribution in [1.82, 2.24) is 15.0 Å². The first kappa shape index (κ1) is 23.7. The molecule has 2 heterocycles. The molecule has 0 aliphatic heterocycles. The van der Waals surface area contributed by atoms with Crippen molar-refractivity contribution >= 4 is 29.3 Å². The number of rotatable bonds is 5. The molecule has 3 rings (SSSR count). The Labute approximate surface area is 190 Å². The number of nitrogens with zero attached hydrogens (tertiary/aromatic N) is 4. The lowest BCUT2D eigenvalue weighted by Gasteiger charge is -2.21. The van der Waals surface area contributed by atoms with Crippen molar-refractivity contribution in [2.75, 3.05) is 38.0 Å². The van der Waals surface area contributed by atoms with E-state index < -0.39 is 30.1 Å². The van der Waals surface area contributed by atoms with Gasteiger partial charge in [-0.25, -0.2) is 9.78 Å². The number of esters is 1. The third-order valence-corrected chi connectivity index (χ3v) is 5.39. The summed E-state index contributed by atoms with van der Waals surface area (Å²) in [5.41, 5.74) is 0.625. The Balaban J connectivity index is 2.03. The van der Waals surface area contributed by atoms with Crippen molar-refractivity contribution in [3.63, 3.8) is 0 Å². The van der Waals surface area contributed by atoms with Gasteiger partial charge >= 0.3 is 5.97 Å². The molecule has 2 aromatic rings. The van der Waals surface area contributed by atoms with E-state index in [4.69, 9.17) is 16.3 Å². The van der Waals surface area contributed by atoms with Gasteiger partial charge in [0.05, 0.1) is 24.8 Å². The van der Waals surface area contributed by atoms with Crippen LogP contribution in [0.25, 0.3) is 0 Å². The molecule has 170 valence electrons. The Hall–Kier alpha value is -2.97. The molecule has 2 aromatic heterocycles. The van der Waals surface area contributed by atoms with Crippen molar-refractivity contribution < 1.29 is 24.9 Å². The minimum Gasteiger partial charge on any atom is -0.464 e.